The molecule has 0 spiro atoms. The fourth-order valence-corrected chi connectivity index (χ4v) is 6.06. The molecule has 2 N–H and O–H groups in total. The number of carbonyl (C=O) groups is 1. The lowest BCUT2D eigenvalue weighted by Crippen LogP contribution is -2.44. The van der Waals surface area contributed by atoms with Crippen molar-refractivity contribution in [3.8, 4) is 0 Å². The van der Waals surface area contributed by atoms with Crippen molar-refractivity contribution in [1.29, 1.82) is 0 Å². The minimum atomic E-state index is -3.50. The van der Waals surface area contributed by atoms with Crippen molar-refractivity contribution >= 4 is 21.6 Å². The third-order valence-electron chi connectivity index (χ3n) is 6.34. The first kappa shape index (κ1) is 22.9. The molecule has 1 aliphatic carbocycles. The van der Waals surface area contributed by atoms with Gasteiger partial charge in [0.05, 0.1) is 17.0 Å². The van der Waals surface area contributed by atoms with E-state index < -0.39 is 15.6 Å². The van der Waals surface area contributed by atoms with Crippen LogP contribution in [0.1, 0.15) is 63.1 Å². The van der Waals surface area contributed by atoms with Gasteiger partial charge in [-0.3, -0.25) is 10.1 Å². The summed E-state index contributed by atoms with van der Waals surface area (Å²) in [4.78, 5) is 17.2. The second-order valence-corrected chi connectivity index (χ2v) is 10.6. The van der Waals surface area contributed by atoms with E-state index in [0.29, 0.717) is 30.5 Å². The zero-order chi connectivity index (χ0) is 22.6. The highest BCUT2D eigenvalue weighted by Crippen LogP contribution is 2.37. The van der Waals surface area contributed by atoms with Gasteiger partial charge in [-0.25, -0.2) is 8.42 Å². The Hall–Kier alpha value is -2.30. The van der Waals surface area contributed by atoms with Crippen LogP contribution in [0.25, 0.3) is 0 Å². The molecule has 32 heavy (non-hydrogen) atoms. The molecule has 1 saturated carbocycles. The van der Waals surface area contributed by atoms with E-state index in [4.69, 9.17) is 4.52 Å². The molecule has 174 valence electrons. The first-order valence-corrected chi connectivity index (χ1v) is 12.8. The van der Waals surface area contributed by atoms with Crippen LogP contribution in [0, 0.1) is 6.92 Å². The monoisotopic (exact) mass is 461 g/mol. The highest BCUT2D eigenvalue weighted by Gasteiger charge is 2.39. The normalized spacial score (nSPS) is 19.5. The minimum absolute atomic E-state index is 0.0986. The standard InChI is InChI=1S/C22H31N5O4S/c1-17-24-21(26-31-17)22(12-4-5-13-22)23-16-20(28)25-18-8-10-19(11-9-18)32(29,30)27-14-6-2-3-7-15-27/h8-11,23H,2-7,12-16H2,1H3,(H,25,28). The number of anilines is 1. The number of nitrogens with zero attached hydrogens (tertiary/aromatic N) is 3. The molecule has 10 heteroatoms. The summed E-state index contributed by atoms with van der Waals surface area (Å²) in [5.41, 5.74) is 0.114. The number of sulfonamides is 1. The summed E-state index contributed by atoms with van der Waals surface area (Å²) in [5.74, 6) is 0.899. The molecule has 1 saturated heterocycles. The van der Waals surface area contributed by atoms with Crippen LogP contribution in [-0.2, 0) is 20.4 Å². The van der Waals surface area contributed by atoms with Gasteiger partial charge in [-0.1, -0.05) is 30.8 Å². The molecule has 1 amide bonds. The lowest BCUT2D eigenvalue weighted by molar-refractivity contribution is -0.115. The number of amides is 1. The van der Waals surface area contributed by atoms with Crippen LogP contribution in [-0.4, -0.2) is 48.4 Å². The van der Waals surface area contributed by atoms with Crippen LogP contribution in [0.4, 0.5) is 5.69 Å². The Bertz CT molecular complexity index is 1020. The van der Waals surface area contributed by atoms with Crippen molar-refractivity contribution < 1.29 is 17.7 Å². The number of hydrogen-bond donors (Lipinski definition) is 2. The van der Waals surface area contributed by atoms with Crippen LogP contribution in [0.5, 0.6) is 0 Å². The Kier molecular flexibility index (Phi) is 6.92. The molecule has 0 bridgehead atoms. The highest BCUT2D eigenvalue weighted by atomic mass is 32.2. The van der Waals surface area contributed by atoms with Gasteiger partial charge in [0.15, 0.2) is 5.82 Å². The van der Waals surface area contributed by atoms with Crippen LogP contribution >= 0.6 is 0 Å². The SMILES string of the molecule is Cc1nc(C2(NCC(=O)Nc3ccc(S(=O)(=O)N4CCCCCC4)cc3)CCCC2)no1. The van der Waals surface area contributed by atoms with Gasteiger partial charge in [-0.15, -0.1) is 0 Å². The summed E-state index contributed by atoms with van der Waals surface area (Å²) in [6.07, 6.45) is 7.70. The molecule has 2 fully saturated rings. The number of nitrogens with one attached hydrogen (secondary N) is 2. The van der Waals surface area contributed by atoms with Gasteiger partial charge in [0.2, 0.25) is 21.8 Å². The first-order valence-electron chi connectivity index (χ1n) is 11.3. The molecular formula is C22H31N5O4S. The van der Waals surface area contributed by atoms with Crippen LogP contribution in [0.3, 0.4) is 0 Å². The first-order chi connectivity index (χ1) is 15.4. The number of carbonyl (C=O) groups excluding carboxylic acids is 1. The summed E-state index contributed by atoms with van der Waals surface area (Å²) in [6.45, 7) is 2.98. The fraction of sp³-hybridized carbons (Fsp3) is 0.591. The van der Waals surface area contributed by atoms with E-state index in [-0.39, 0.29) is 17.3 Å². The van der Waals surface area contributed by atoms with Gasteiger partial charge in [-0.2, -0.15) is 9.29 Å². The zero-order valence-corrected chi connectivity index (χ0v) is 19.3. The molecule has 0 unspecified atom stereocenters. The summed E-state index contributed by atoms with van der Waals surface area (Å²) in [7, 11) is -3.50. The van der Waals surface area contributed by atoms with Gasteiger partial charge < -0.3 is 9.84 Å². The lowest BCUT2D eigenvalue weighted by Gasteiger charge is -2.26. The van der Waals surface area contributed by atoms with Gasteiger partial charge >= 0.3 is 0 Å². The van der Waals surface area contributed by atoms with Crippen molar-refractivity contribution in [2.45, 2.75) is 68.7 Å². The maximum absolute atomic E-state index is 12.9. The van der Waals surface area contributed by atoms with E-state index in [1.807, 2.05) is 0 Å². The van der Waals surface area contributed by atoms with E-state index in [1.54, 1.807) is 35.5 Å². The number of benzene rings is 1. The Morgan fingerprint density at radius 2 is 1.72 bits per heavy atom. The second kappa shape index (κ2) is 9.68. The number of rotatable bonds is 7. The molecule has 9 nitrogen and oxygen atoms in total. The van der Waals surface area contributed by atoms with E-state index in [2.05, 4.69) is 20.8 Å². The molecule has 2 aliphatic rings. The molecule has 0 radical (unpaired) electrons. The Labute approximate surface area is 189 Å². The van der Waals surface area contributed by atoms with Crippen LogP contribution in [0.2, 0.25) is 0 Å². The Morgan fingerprint density at radius 3 is 2.31 bits per heavy atom. The van der Waals surface area contributed by atoms with Crippen molar-refractivity contribution in [1.82, 2.24) is 19.8 Å². The predicted octanol–water partition coefficient (Wildman–Crippen LogP) is 2.94. The third-order valence-corrected chi connectivity index (χ3v) is 8.25. The average Bonchev–Trinajstić information content (AvgIpc) is 3.34. The number of hydrogen-bond acceptors (Lipinski definition) is 7. The second-order valence-electron chi connectivity index (χ2n) is 8.67. The van der Waals surface area contributed by atoms with Crippen molar-refractivity contribution in [3.05, 3.63) is 36.0 Å². The third kappa shape index (κ3) is 5.02. The molecule has 1 aliphatic heterocycles. The molecule has 1 aromatic heterocycles. The topological polar surface area (TPSA) is 117 Å². The largest absolute Gasteiger partial charge is 0.340 e. The quantitative estimate of drug-likeness (QED) is 0.651. The lowest BCUT2D eigenvalue weighted by atomic mass is 9.96. The van der Waals surface area contributed by atoms with Crippen molar-refractivity contribution in [2.75, 3.05) is 25.0 Å². The molecular weight excluding hydrogens is 430 g/mol. The van der Waals surface area contributed by atoms with Gasteiger partial charge in [0.1, 0.15) is 0 Å². The Balaban J connectivity index is 1.36. The summed E-state index contributed by atoms with van der Waals surface area (Å²) in [5, 5.41) is 10.2. The molecule has 1 aromatic carbocycles. The van der Waals surface area contributed by atoms with E-state index in [0.717, 1.165) is 51.4 Å². The van der Waals surface area contributed by atoms with Crippen molar-refractivity contribution in [2.24, 2.45) is 0 Å². The van der Waals surface area contributed by atoms with E-state index >= 15 is 0 Å². The van der Waals surface area contributed by atoms with Crippen LogP contribution < -0.4 is 10.6 Å². The molecule has 4 rings (SSSR count). The van der Waals surface area contributed by atoms with Gasteiger partial charge in [0, 0.05) is 25.7 Å². The Morgan fingerprint density at radius 1 is 1.06 bits per heavy atom. The maximum atomic E-state index is 12.9. The average molecular weight is 462 g/mol. The summed E-state index contributed by atoms with van der Waals surface area (Å²) >= 11 is 0. The fourth-order valence-electron chi connectivity index (χ4n) is 4.55. The zero-order valence-electron chi connectivity index (χ0n) is 18.5. The molecule has 0 atom stereocenters. The minimum Gasteiger partial charge on any atom is -0.340 e. The summed E-state index contributed by atoms with van der Waals surface area (Å²) in [6, 6.07) is 6.39. The molecule has 2 heterocycles. The highest BCUT2D eigenvalue weighted by molar-refractivity contribution is 7.89. The number of aryl methyl sites for hydroxylation is 1. The van der Waals surface area contributed by atoms with Gasteiger partial charge in [-0.05, 0) is 49.9 Å². The smallest absolute Gasteiger partial charge is 0.243 e. The van der Waals surface area contributed by atoms with E-state index in [9.17, 15) is 13.2 Å². The maximum Gasteiger partial charge on any atom is 0.243 e. The summed E-state index contributed by atoms with van der Waals surface area (Å²) < 4.78 is 32.5. The molecule has 2 aromatic rings. The number of aromatic nitrogens is 2. The van der Waals surface area contributed by atoms with Gasteiger partial charge in [0.25, 0.3) is 0 Å². The van der Waals surface area contributed by atoms with Crippen molar-refractivity contribution in [3.63, 3.8) is 0 Å². The van der Waals surface area contributed by atoms with E-state index in [1.165, 1.54) is 0 Å². The van der Waals surface area contributed by atoms with Crippen LogP contribution in [0.15, 0.2) is 33.7 Å². The predicted molar refractivity (Wildman–Crippen MR) is 119 cm³/mol.